The molecule has 98 valence electrons. The molecule has 0 aromatic heterocycles. The van der Waals surface area contributed by atoms with Crippen molar-refractivity contribution in [2.45, 2.75) is 18.4 Å². The van der Waals surface area contributed by atoms with Gasteiger partial charge in [0.05, 0.1) is 12.7 Å². The lowest BCUT2D eigenvalue weighted by atomic mass is 9.87. The second kappa shape index (κ2) is 4.94. The van der Waals surface area contributed by atoms with Gasteiger partial charge in [0.15, 0.2) is 0 Å². The summed E-state index contributed by atoms with van der Waals surface area (Å²) in [6, 6.07) is 14.6. The number of benzene rings is 2. The highest BCUT2D eigenvalue weighted by atomic mass is 16.6. The Morgan fingerprint density at radius 3 is 1.68 bits per heavy atom. The van der Waals surface area contributed by atoms with Crippen LogP contribution in [0.15, 0.2) is 48.5 Å². The number of phenols is 2. The molecule has 3 rings (SSSR count). The minimum absolute atomic E-state index is 0.230. The molecule has 1 aliphatic rings. The third-order valence-corrected chi connectivity index (χ3v) is 3.49. The van der Waals surface area contributed by atoms with Gasteiger partial charge >= 0.3 is 0 Å². The number of phenolic OH excluding ortho intramolecular Hbond substituents is 2. The van der Waals surface area contributed by atoms with Crippen LogP contribution in [0.4, 0.5) is 0 Å². The zero-order valence-corrected chi connectivity index (χ0v) is 10.5. The largest absolute Gasteiger partial charge is 0.508 e. The molecular weight excluding hydrogens is 240 g/mol. The second-order valence-corrected chi connectivity index (χ2v) is 4.93. The molecule has 0 radical (unpaired) electrons. The first kappa shape index (κ1) is 12.1. The van der Waals surface area contributed by atoms with Crippen molar-refractivity contribution in [3.05, 3.63) is 59.7 Å². The van der Waals surface area contributed by atoms with E-state index in [9.17, 15) is 10.2 Å². The summed E-state index contributed by atoms with van der Waals surface area (Å²) in [7, 11) is 0. The minimum Gasteiger partial charge on any atom is -0.508 e. The molecular formula is C16H16O3. The van der Waals surface area contributed by atoms with Crippen molar-refractivity contribution in [1.29, 1.82) is 0 Å². The molecule has 3 nitrogen and oxygen atoms in total. The summed E-state index contributed by atoms with van der Waals surface area (Å²) >= 11 is 0. The van der Waals surface area contributed by atoms with Crippen LogP contribution in [0.2, 0.25) is 0 Å². The molecule has 1 atom stereocenters. The average molecular weight is 256 g/mol. The van der Waals surface area contributed by atoms with E-state index in [2.05, 4.69) is 0 Å². The van der Waals surface area contributed by atoms with Gasteiger partial charge in [0.1, 0.15) is 11.5 Å². The summed E-state index contributed by atoms with van der Waals surface area (Å²) in [6.07, 6.45) is 1.25. The third kappa shape index (κ3) is 2.88. The Morgan fingerprint density at radius 1 is 0.895 bits per heavy atom. The van der Waals surface area contributed by atoms with Crippen LogP contribution in [0.25, 0.3) is 0 Å². The Hall–Kier alpha value is -2.00. The highest BCUT2D eigenvalue weighted by Gasteiger charge is 2.28. The van der Waals surface area contributed by atoms with E-state index in [1.807, 2.05) is 24.3 Å². The Morgan fingerprint density at radius 2 is 1.32 bits per heavy atom. The molecule has 0 saturated carbocycles. The summed E-state index contributed by atoms with van der Waals surface area (Å²) in [5.41, 5.74) is 2.30. The van der Waals surface area contributed by atoms with Crippen molar-refractivity contribution < 1.29 is 14.9 Å². The molecule has 0 bridgehead atoms. The van der Waals surface area contributed by atoms with E-state index in [0.29, 0.717) is 6.10 Å². The molecule has 0 amide bonds. The van der Waals surface area contributed by atoms with Crippen molar-refractivity contribution in [1.82, 2.24) is 0 Å². The van der Waals surface area contributed by atoms with Crippen LogP contribution >= 0.6 is 0 Å². The van der Waals surface area contributed by atoms with Crippen LogP contribution < -0.4 is 0 Å². The normalized spacial score (nSPS) is 17.6. The summed E-state index contributed by atoms with van der Waals surface area (Å²) < 4.78 is 5.33. The standard InChI is InChI=1S/C16H16O3/c17-13-5-1-11(2-6-13)16(9-15-10-19-15)12-3-7-14(18)8-4-12/h1-8,15-18H,9-10H2. The molecule has 1 fully saturated rings. The molecule has 0 aliphatic carbocycles. The fraction of sp³-hybridized carbons (Fsp3) is 0.250. The zero-order chi connectivity index (χ0) is 13.2. The Bertz CT molecular complexity index is 496. The smallest absolute Gasteiger partial charge is 0.115 e. The zero-order valence-electron chi connectivity index (χ0n) is 10.5. The van der Waals surface area contributed by atoms with E-state index in [1.165, 1.54) is 0 Å². The first-order valence-electron chi connectivity index (χ1n) is 6.42. The van der Waals surface area contributed by atoms with Gasteiger partial charge in [0.25, 0.3) is 0 Å². The predicted molar refractivity (Wildman–Crippen MR) is 72.4 cm³/mol. The molecule has 1 unspecified atom stereocenters. The highest BCUT2D eigenvalue weighted by molar-refractivity contribution is 5.37. The van der Waals surface area contributed by atoms with Gasteiger partial charge in [-0.15, -0.1) is 0 Å². The van der Waals surface area contributed by atoms with Gasteiger partial charge in [-0.05, 0) is 41.8 Å². The van der Waals surface area contributed by atoms with Gasteiger partial charge in [0.2, 0.25) is 0 Å². The molecule has 2 aromatic carbocycles. The Balaban J connectivity index is 1.91. The number of hydrogen-bond acceptors (Lipinski definition) is 3. The SMILES string of the molecule is Oc1ccc(C(CC2CO2)c2ccc(O)cc2)cc1. The van der Waals surface area contributed by atoms with Crippen LogP contribution in [0.3, 0.4) is 0 Å². The van der Waals surface area contributed by atoms with Gasteiger partial charge < -0.3 is 14.9 Å². The van der Waals surface area contributed by atoms with Crippen molar-refractivity contribution in [3.63, 3.8) is 0 Å². The molecule has 2 aromatic rings. The van der Waals surface area contributed by atoms with Crippen molar-refractivity contribution in [2.75, 3.05) is 6.61 Å². The second-order valence-electron chi connectivity index (χ2n) is 4.93. The van der Waals surface area contributed by atoms with Crippen LogP contribution in [0.1, 0.15) is 23.5 Å². The van der Waals surface area contributed by atoms with Crippen molar-refractivity contribution >= 4 is 0 Å². The highest BCUT2D eigenvalue weighted by Crippen LogP contribution is 2.34. The fourth-order valence-corrected chi connectivity index (χ4v) is 2.34. The maximum atomic E-state index is 9.38. The van der Waals surface area contributed by atoms with E-state index in [-0.39, 0.29) is 17.4 Å². The summed E-state index contributed by atoms with van der Waals surface area (Å²) in [5.74, 6) is 0.778. The van der Waals surface area contributed by atoms with Crippen molar-refractivity contribution in [2.24, 2.45) is 0 Å². The van der Waals surface area contributed by atoms with Crippen LogP contribution in [0, 0.1) is 0 Å². The molecule has 3 heteroatoms. The topological polar surface area (TPSA) is 53.0 Å². The lowest BCUT2D eigenvalue weighted by Crippen LogP contribution is -2.04. The average Bonchev–Trinajstić information content (AvgIpc) is 3.22. The van der Waals surface area contributed by atoms with Crippen LogP contribution in [-0.2, 0) is 4.74 Å². The van der Waals surface area contributed by atoms with Gasteiger partial charge in [-0.25, -0.2) is 0 Å². The Labute approximate surface area is 112 Å². The molecule has 1 aliphatic heterocycles. The first-order valence-corrected chi connectivity index (χ1v) is 6.42. The Kier molecular flexibility index (Phi) is 3.13. The minimum atomic E-state index is 0.230. The first-order chi connectivity index (χ1) is 9.22. The molecule has 1 saturated heterocycles. The summed E-state index contributed by atoms with van der Waals surface area (Å²) in [4.78, 5) is 0. The van der Waals surface area contributed by atoms with Gasteiger partial charge in [-0.2, -0.15) is 0 Å². The number of hydrogen-bond donors (Lipinski definition) is 2. The van der Waals surface area contributed by atoms with Gasteiger partial charge in [-0.1, -0.05) is 24.3 Å². The van der Waals surface area contributed by atoms with Crippen LogP contribution in [-0.4, -0.2) is 22.9 Å². The van der Waals surface area contributed by atoms with Crippen molar-refractivity contribution in [3.8, 4) is 11.5 Å². The van der Waals surface area contributed by atoms with Gasteiger partial charge in [0, 0.05) is 5.92 Å². The number of ether oxygens (including phenoxy) is 1. The third-order valence-electron chi connectivity index (χ3n) is 3.49. The lowest BCUT2D eigenvalue weighted by Gasteiger charge is -2.17. The van der Waals surface area contributed by atoms with E-state index in [4.69, 9.17) is 4.74 Å². The maximum Gasteiger partial charge on any atom is 0.115 e. The molecule has 1 heterocycles. The molecule has 0 spiro atoms. The number of aromatic hydroxyl groups is 2. The fourth-order valence-electron chi connectivity index (χ4n) is 2.34. The number of epoxide rings is 1. The summed E-state index contributed by atoms with van der Waals surface area (Å²) in [5, 5.41) is 18.8. The van der Waals surface area contributed by atoms with Gasteiger partial charge in [-0.3, -0.25) is 0 Å². The molecule has 2 N–H and O–H groups in total. The quantitative estimate of drug-likeness (QED) is 0.827. The summed E-state index contributed by atoms with van der Waals surface area (Å²) in [6.45, 7) is 0.826. The maximum absolute atomic E-state index is 9.38. The van der Waals surface area contributed by atoms with E-state index >= 15 is 0 Å². The monoisotopic (exact) mass is 256 g/mol. The lowest BCUT2D eigenvalue weighted by molar-refractivity contribution is 0.388. The number of rotatable bonds is 4. The van der Waals surface area contributed by atoms with E-state index in [0.717, 1.165) is 24.2 Å². The van der Waals surface area contributed by atoms with E-state index in [1.54, 1.807) is 24.3 Å². The molecule has 19 heavy (non-hydrogen) atoms. The van der Waals surface area contributed by atoms with E-state index < -0.39 is 0 Å². The predicted octanol–water partition coefficient (Wildman–Crippen LogP) is 3.02. The van der Waals surface area contributed by atoms with Crippen LogP contribution in [0.5, 0.6) is 11.5 Å².